The van der Waals surface area contributed by atoms with E-state index in [4.69, 9.17) is 0 Å². The van der Waals surface area contributed by atoms with Crippen LogP contribution >= 0.6 is 0 Å². The van der Waals surface area contributed by atoms with Crippen molar-refractivity contribution in [1.29, 1.82) is 0 Å². The number of hydrogen-bond donors (Lipinski definition) is 0. The first-order valence-electron chi connectivity index (χ1n) is 7.20. The number of pyridine rings is 1. The summed E-state index contributed by atoms with van der Waals surface area (Å²) in [7, 11) is 0. The lowest BCUT2D eigenvalue weighted by Gasteiger charge is -2.07. The highest BCUT2D eigenvalue weighted by Gasteiger charge is 2.13. The van der Waals surface area contributed by atoms with E-state index in [0.717, 1.165) is 16.2 Å². The van der Waals surface area contributed by atoms with E-state index in [2.05, 4.69) is 29.2 Å². The molecule has 1 aromatic heterocycles. The molecule has 0 aliphatic carbocycles. The molecule has 22 heavy (non-hydrogen) atoms. The van der Waals surface area contributed by atoms with Crippen molar-refractivity contribution in [2.75, 3.05) is 0 Å². The third-order valence-corrected chi connectivity index (χ3v) is 3.89. The largest absolute Gasteiger partial charge is 0.287 e. The van der Waals surface area contributed by atoms with E-state index in [1.807, 2.05) is 42.5 Å². The molecule has 0 bridgehead atoms. The van der Waals surface area contributed by atoms with Crippen LogP contribution < -0.4 is 0 Å². The molecule has 3 aromatic carbocycles. The monoisotopic (exact) mass is 283 g/mol. The Bertz CT molecular complexity index is 990. The number of carbonyl (C=O) groups excluding carboxylic acids is 1. The Labute approximate surface area is 128 Å². The first-order chi connectivity index (χ1) is 10.8. The fourth-order valence-corrected chi connectivity index (χ4v) is 2.80. The maximum Gasteiger partial charge on any atom is 0.211 e. The van der Waals surface area contributed by atoms with E-state index >= 15 is 0 Å². The number of benzene rings is 3. The van der Waals surface area contributed by atoms with Gasteiger partial charge in [0.2, 0.25) is 5.78 Å². The zero-order valence-corrected chi connectivity index (χ0v) is 11.9. The SMILES string of the molecule is O=C(c1ccccn1)c1cccc2cc3ccccc3cc12. The van der Waals surface area contributed by atoms with Crippen LogP contribution in [0.25, 0.3) is 21.5 Å². The van der Waals surface area contributed by atoms with Crippen LogP contribution in [0.4, 0.5) is 0 Å². The summed E-state index contributed by atoms with van der Waals surface area (Å²) in [5.41, 5.74) is 1.17. The predicted molar refractivity (Wildman–Crippen MR) is 89.1 cm³/mol. The topological polar surface area (TPSA) is 30.0 Å². The summed E-state index contributed by atoms with van der Waals surface area (Å²) in [6, 6.07) is 23.6. The van der Waals surface area contributed by atoms with Crippen molar-refractivity contribution < 1.29 is 4.79 Å². The quantitative estimate of drug-likeness (QED) is 0.397. The third kappa shape index (κ3) is 2.06. The van der Waals surface area contributed by atoms with Gasteiger partial charge in [0.15, 0.2) is 0 Å². The van der Waals surface area contributed by atoms with E-state index in [1.165, 1.54) is 5.39 Å². The molecule has 4 aromatic rings. The molecule has 0 fully saturated rings. The molecule has 0 radical (unpaired) electrons. The van der Waals surface area contributed by atoms with E-state index < -0.39 is 0 Å². The Balaban J connectivity index is 1.98. The average Bonchev–Trinajstić information content (AvgIpc) is 2.59. The molecular weight excluding hydrogens is 270 g/mol. The van der Waals surface area contributed by atoms with Crippen molar-refractivity contribution in [2.45, 2.75) is 0 Å². The standard InChI is InChI=1S/C20H13NO/c22-20(19-10-3-4-11-21-19)17-9-5-8-16-12-14-6-1-2-7-15(14)13-18(16)17/h1-13H. The molecule has 0 unspecified atom stereocenters. The maximum atomic E-state index is 12.7. The van der Waals surface area contributed by atoms with Gasteiger partial charge in [0.25, 0.3) is 0 Å². The van der Waals surface area contributed by atoms with Gasteiger partial charge in [-0.15, -0.1) is 0 Å². The molecule has 0 N–H and O–H groups in total. The molecule has 0 aliphatic heterocycles. The van der Waals surface area contributed by atoms with Crippen LogP contribution in [-0.4, -0.2) is 10.8 Å². The van der Waals surface area contributed by atoms with Crippen molar-refractivity contribution >= 4 is 27.3 Å². The van der Waals surface area contributed by atoms with Crippen molar-refractivity contribution in [3.05, 3.63) is 90.3 Å². The summed E-state index contributed by atoms with van der Waals surface area (Å²) in [5, 5.41) is 4.35. The lowest BCUT2D eigenvalue weighted by molar-refractivity contribution is 0.103. The Kier molecular flexibility index (Phi) is 2.94. The van der Waals surface area contributed by atoms with Crippen LogP contribution in [-0.2, 0) is 0 Å². The van der Waals surface area contributed by atoms with Crippen LogP contribution in [0.15, 0.2) is 79.0 Å². The average molecular weight is 283 g/mol. The van der Waals surface area contributed by atoms with Gasteiger partial charge in [-0.05, 0) is 45.8 Å². The Morgan fingerprint density at radius 3 is 2.23 bits per heavy atom. The maximum absolute atomic E-state index is 12.7. The predicted octanol–water partition coefficient (Wildman–Crippen LogP) is 4.62. The molecule has 0 saturated heterocycles. The van der Waals surface area contributed by atoms with Gasteiger partial charge in [0.1, 0.15) is 5.69 Å². The summed E-state index contributed by atoms with van der Waals surface area (Å²) in [6.45, 7) is 0. The highest BCUT2D eigenvalue weighted by Crippen LogP contribution is 2.26. The van der Waals surface area contributed by atoms with Crippen molar-refractivity contribution in [2.24, 2.45) is 0 Å². The van der Waals surface area contributed by atoms with Crippen molar-refractivity contribution in [3.63, 3.8) is 0 Å². The van der Waals surface area contributed by atoms with E-state index in [9.17, 15) is 4.79 Å². The lowest BCUT2D eigenvalue weighted by Crippen LogP contribution is -2.04. The lowest BCUT2D eigenvalue weighted by atomic mass is 9.96. The molecule has 1 heterocycles. The number of ketones is 1. The Morgan fingerprint density at radius 2 is 1.45 bits per heavy atom. The summed E-state index contributed by atoms with van der Waals surface area (Å²) in [6.07, 6.45) is 1.65. The van der Waals surface area contributed by atoms with Gasteiger partial charge >= 0.3 is 0 Å². The zero-order chi connectivity index (χ0) is 14.9. The highest BCUT2D eigenvalue weighted by molar-refractivity contribution is 6.17. The van der Waals surface area contributed by atoms with Gasteiger partial charge < -0.3 is 0 Å². The van der Waals surface area contributed by atoms with Gasteiger partial charge in [-0.25, -0.2) is 0 Å². The van der Waals surface area contributed by atoms with Gasteiger partial charge in [0.05, 0.1) is 0 Å². The number of aromatic nitrogens is 1. The van der Waals surface area contributed by atoms with Gasteiger partial charge in [-0.3, -0.25) is 9.78 Å². The molecule has 0 atom stereocenters. The minimum atomic E-state index is -0.0403. The van der Waals surface area contributed by atoms with Gasteiger partial charge in [-0.2, -0.15) is 0 Å². The fourth-order valence-electron chi connectivity index (χ4n) is 2.80. The highest BCUT2D eigenvalue weighted by atomic mass is 16.1. The van der Waals surface area contributed by atoms with E-state index in [-0.39, 0.29) is 5.78 Å². The van der Waals surface area contributed by atoms with Crippen LogP contribution in [0, 0.1) is 0 Å². The van der Waals surface area contributed by atoms with E-state index in [0.29, 0.717) is 11.3 Å². The molecule has 4 rings (SSSR count). The Hall–Kier alpha value is -3.00. The van der Waals surface area contributed by atoms with E-state index in [1.54, 1.807) is 12.3 Å². The molecule has 0 spiro atoms. The molecule has 2 nitrogen and oxygen atoms in total. The molecule has 0 aliphatic rings. The summed E-state index contributed by atoms with van der Waals surface area (Å²) < 4.78 is 0. The number of fused-ring (bicyclic) bond motifs is 2. The van der Waals surface area contributed by atoms with Gasteiger partial charge in [0, 0.05) is 11.8 Å². The minimum absolute atomic E-state index is 0.0403. The first-order valence-corrected chi connectivity index (χ1v) is 7.20. The van der Waals surface area contributed by atoms with Crippen LogP contribution in [0.2, 0.25) is 0 Å². The first kappa shape index (κ1) is 12.7. The smallest absolute Gasteiger partial charge is 0.211 e. The molecule has 2 heteroatoms. The summed E-state index contributed by atoms with van der Waals surface area (Å²) in [4.78, 5) is 16.9. The second-order valence-corrected chi connectivity index (χ2v) is 5.27. The van der Waals surface area contributed by atoms with Gasteiger partial charge in [-0.1, -0.05) is 48.5 Å². The minimum Gasteiger partial charge on any atom is -0.287 e. The normalized spacial score (nSPS) is 10.9. The summed E-state index contributed by atoms with van der Waals surface area (Å²) in [5.74, 6) is -0.0403. The second kappa shape index (κ2) is 5.08. The fraction of sp³-hybridized carbons (Fsp3) is 0. The third-order valence-electron chi connectivity index (χ3n) is 3.89. The van der Waals surface area contributed by atoms with Crippen LogP contribution in [0.5, 0.6) is 0 Å². The van der Waals surface area contributed by atoms with Crippen molar-refractivity contribution in [1.82, 2.24) is 4.98 Å². The molecule has 104 valence electrons. The Morgan fingerprint density at radius 1 is 0.727 bits per heavy atom. The number of carbonyl (C=O) groups is 1. The van der Waals surface area contributed by atoms with Crippen LogP contribution in [0.1, 0.15) is 16.1 Å². The zero-order valence-electron chi connectivity index (χ0n) is 11.9. The molecule has 0 amide bonds. The number of hydrogen-bond acceptors (Lipinski definition) is 2. The van der Waals surface area contributed by atoms with Crippen molar-refractivity contribution in [3.8, 4) is 0 Å². The summed E-state index contributed by atoms with van der Waals surface area (Å²) >= 11 is 0. The molecular formula is C20H13NO. The van der Waals surface area contributed by atoms with Crippen LogP contribution in [0.3, 0.4) is 0 Å². The number of rotatable bonds is 2. The number of nitrogens with zero attached hydrogens (tertiary/aromatic N) is 1. The second-order valence-electron chi connectivity index (χ2n) is 5.27. The molecule has 0 saturated carbocycles.